The highest BCUT2D eigenvalue weighted by Gasteiger charge is 2.17. The summed E-state index contributed by atoms with van der Waals surface area (Å²) in [5, 5.41) is 14.3. The van der Waals surface area contributed by atoms with Crippen molar-refractivity contribution in [3.8, 4) is 0 Å². The zero-order valence-electron chi connectivity index (χ0n) is 10.8. The molecular formula is C14H13N3O3. The molecule has 0 atom stereocenters. The Morgan fingerprint density at radius 1 is 1.30 bits per heavy atom. The number of Topliss-reactive ketones (excluding diaryl/α,β-unsaturated/α-hetero) is 1. The summed E-state index contributed by atoms with van der Waals surface area (Å²) < 4.78 is 1.30. The van der Waals surface area contributed by atoms with E-state index in [1.807, 2.05) is 18.2 Å². The lowest BCUT2D eigenvalue weighted by Gasteiger charge is -2.03. The van der Waals surface area contributed by atoms with Gasteiger partial charge in [0, 0.05) is 5.56 Å². The average molecular weight is 271 g/mol. The lowest BCUT2D eigenvalue weighted by Crippen LogP contribution is -2.11. The number of nitrogens with zero attached hydrogens (tertiary/aromatic N) is 3. The highest BCUT2D eigenvalue weighted by molar-refractivity contribution is 5.96. The van der Waals surface area contributed by atoms with E-state index in [-0.39, 0.29) is 18.1 Å². The van der Waals surface area contributed by atoms with Gasteiger partial charge in [0.2, 0.25) is 0 Å². The van der Waals surface area contributed by atoms with E-state index in [1.165, 1.54) is 28.1 Å². The Kier molecular flexibility index (Phi) is 3.06. The van der Waals surface area contributed by atoms with Crippen molar-refractivity contribution < 1.29 is 9.72 Å². The van der Waals surface area contributed by atoms with Gasteiger partial charge in [-0.2, -0.15) is 4.68 Å². The van der Waals surface area contributed by atoms with Crippen LogP contribution < -0.4 is 0 Å². The van der Waals surface area contributed by atoms with Gasteiger partial charge in [-0.3, -0.25) is 4.79 Å². The Morgan fingerprint density at radius 3 is 2.85 bits per heavy atom. The van der Waals surface area contributed by atoms with E-state index in [1.54, 1.807) is 0 Å². The summed E-state index contributed by atoms with van der Waals surface area (Å²) in [5.74, 6) is -0.329. The van der Waals surface area contributed by atoms with Crippen molar-refractivity contribution in [1.82, 2.24) is 9.78 Å². The highest BCUT2D eigenvalue weighted by Crippen LogP contribution is 2.23. The number of ketones is 1. The number of aromatic nitrogens is 2. The van der Waals surface area contributed by atoms with E-state index < -0.39 is 4.92 Å². The van der Waals surface area contributed by atoms with E-state index in [0.717, 1.165) is 19.3 Å². The van der Waals surface area contributed by atoms with Crippen LogP contribution in [0.3, 0.4) is 0 Å². The quantitative estimate of drug-likeness (QED) is 0.485. The van der Waals surface area contributed by atoms with Gasteiger partial charge < -0.3 is 10.1 Å². The van der Waals surface area contributed by atoms with Crippen LogP contribution in [0.15, 0.2) is 30.5 Å². The van der Waals surface area contributed by atoms with Gasteiger partial charge in [-0.05, 0) is 41.4 Å². The van der Waals surface area contributed by atoms with E-state index in [2.05, 4.69) is 5.10 Å². The number of hydrogen-bond donors (Lipinski definition) is 0. The van der Waals surface area contributed by atoms with E-state index in [4.69, 9.17) is 0 Å². The topological polar surface area (TPSA) is 78.0 Å². The Balaban J connectivity index is 1.77. The molecular weight excluding hydrogens is 258 g/mol. The van der Waals surface area contributed by atoms with Crippen LogP contribution in [0.2, 0.25) is 0 Å². The maximum Gasteiger partial charge on any atom is 0.389 e. The number of rotatable bonds is 4. The first-order valence-corrected chi connectivity index (χ1v) is 6.46. The predicted octanol–water partition coefficient (Wildman–Crippen LogP) is 2.16. The molecule has 0 radical (unpaired) electrons. The predicted molar refractivity (Wildman–Crippen MR) is 71.7 cm³/mol. The molecule has 20 heavy (non-hydrogen) atoms. The Labute approximate surface area is 115 Å². The minimum atomic E-state index is -0.573. The normalized spacial score (nSPS) is 13.2. The van der Waals surface area contributed by atoms with Gasteiger partial charge in [0.15, 0.2) is 5.78 Å². The van der Waals surface area contributed by atoms with Crippen LogP contribution in [-0.4, -0.2) is 20.5 Å². The third-order valence-corrected chi connectivity index (χ3v) is 3.54. The molecule has 1 aromatic carbocycles. The van der Waals surface area contributed by atoms with Crippen molar-refractivity contribution in [2.24, 2.45) is 0 Å². The van der Waals surface area contributed by atoms with Crippen LogP contribution in [0.5, 0.6) is 0 Å². The SMILES string of the molecule is O=C(Cn1ccc([N+](=O)[O-])n1)c1ccc2c(c1)CCC2. The summed E-state index contributed by atoms with van der Waals surface area (Å²) in [5.41, 5.74) is 3.20. The van der Waals surface area contributed by atoms with Crippen LogP contribution in [-0.2, 0) is 19.4 Å². The fourth-order valence-corrected chi connectivity index (χ4v) is 2.52. The van der Waals surface area contributed by atoms with Gasteiger partial charge in [0.1, 0.15) is 6.54 Å². The highest BCUT2D eigenvalue weighted by atomic mass is 16.6. The van der Waals surface area contributed by atoms with Gasteiger partial charge in [-0.25, -0.2) is 0 Å². The molecule has 1 aromatic heterocycles. The molecule has 0 amide bonds. The number of carbonyl (C=O) groups is 1. The molecule has 0 N–H and O–H groups in total. The lowest BCUT2D eigenvalue weighted by molar-refractivity contribution is -0.389. The Bertz CT molecular complexity index is 691. The third-order valence-electron chi connectivity index (χ3n) is 3.54. The van der Waals surface area contributed by atoms with E-state index in [9.17, 15) is 14.9 Å². The second kappa shape index (κ2) is 4.88. The molecule has 102 valence electrons. The summed E-state index contributed by atoms with van der Waals surface area (Å²) in [6.07, 6.45) is 4.68. The molecule has 2 aromatic rings. The zero-order chi connectivity index (χ0) is 14.1. The van der Waals surface area contributed by atoms with Crippen molar-refractivity contribution in [2.45, 2.75) is 25.8 Å². The summed E-state index contributed by atoms with van der Waals surface area (Å²) >= 11 is 0. The van der Waals surface area contributed by atoms with Crippen LogP contribution >= 0.6 is 0 Å². The third kappa shape index (κ3) is 2.32. The number of benzene rings is 1. The number of nitro groups is 1. The molecule has 1 aliphatic rings. The molecule has 1 heterocycles. The molecule has 6 heteroatoms. The molecule has 6 nitrogen and oxygen atoms in total. The molecule has 3 rings (SSSR count). The van der Waals surface area contributed by atoms with Crippen molar-refractivity contribution in [3.63, 3.8) is 0 Å². The number of carbonyl (C=O) groups excluding carboxylic acids is 1. The fourth-order valence-electron chi connectivity index (χ4n) is 2.52. The molecule has 0 unspecified atom stereocenters. The largest absolute Gasteiger partial charge is 0.389 e. The van der Waals surface area contributed by atoms with Crippen LogP contribution in [0.4, 0.5) is 5.82 Å². The molecule has 1 aliphatic carbocycles. The van der Waals surface area contributed by atoms with E-state index >= 15 is 0 Å². The van der Waals surface area contributed by atoms with Gasteiger partial charge in [-0.1, -0.05) is 12.1 Å². The number of hydrogen-bond acceptors (Lipinski definition) is 4. The second-order valence-corrected chi connectivity index (χ2v) is 4.89. The minimum absolute atomic E-state index is 0.0205. The van der Waals surface area contributed by atoms with Crippen LogP contribution in [0.1, 0.15) is 27.9 Å². The maximum atomic E-state index is 12.2. The molecule has 0 bridgehead atoms. The summed E-state index contributed by atoms with van der Waals surface area (Å²) in [6, 6.07) is 7.05. The van der Waals surface area contributed by atoms with Crippen molar-refractivity contribution >= 4 is 11.6 Å². The van der Waals surface area contributed by atoms with Crippen molar-refractivity contribution in [3.05, 3.63) is 57.3 Å². The van der Waals surface area contributed by atoms with Gasteiger partial charge in [-0.15, -0.1) is 0 Å². The first-order valence-electron chi connectivity index (χ1n) is 6.46. The standard InChI is InChI=1S/C14H13N3O3/c18-13(9-16-7-6-14(15-16)17(19)20)12-5-4-10-2-1-3-11(10)8-12/h4-8H,1-3,9H2. The van der Waals surface area contributed by atoms with Crippen molar-refractivity contribution in [2.75, 3.05) is 0 Å². The maximum absolute atomic E-state index is 12.2. The number of aryl methyl sites for hydroxylation is 2. The molecule has 0 aliphatic heterocycles. The summed E-state index contributed by atoms with van der Waals surface area (Å²) in [7, 11) is 0. The lowest BCUT2D eigenvalue weighted by atomic mass is 10.0. The first kappa shape index (κ1) is 12.5. The molecule has 0 saturated carbocycles. The fraction of sp³-hybridized carbons (Fsp3) is 0.286. The van der Waals surface area contributed by atoms with Gasteiger partial charge in [0.05, 0.1) is 17.4 Å². The Morgan fingerprint density at radius 2 is 2.10 bits per heavy atom. The Hall–Kier alpha value is -2.50. The smallest absolute Gasteiger partial charge is 0.358 e. The van der Waals surface area contributed by atoms with Crippen molar-refractivity contribution in [1.29, 1.82) is 0 Å². The zero-order valence-corrected chi connectivity index (χ0v) is 10.8. The summed E-state index contributed by atoms with van der Waals surface area (Å²) in [6.45, 7) is 0.0205. The van der Waals surface area contributed by atoms with Gasteiger partial charge in [0.25, 0.3) is 0 Å². The second-order valence-electron chi connectivity index (χ2n) is 4.89. The molecule has 0 saturated heterocycles. The monoisotopic (exact) mass is 271 g/mol. The van der Waals surface area contributed by atoms with Gasteiger partial charge >= 0.3 is 5.82 Å². The average Bonchev–Trinajstić information content (AvgIpc) is 3.05. The van der Waals surface area contributed by atoms with E-state index in [0.29, 0.717) is 5.56 Å². The van der Waals surface area contributed by atoms with Crippen LogP contribution in [0, 0.1) is 10.1 Å². The molecule has 0 fully saturated rings. The summed E-state index contributed by atoms with van der Waals surface area (Å²) in [4.78, 5) is 22.1. The first-order chi connectivity index (χ1) is 9.63. The number of fused-ring (bicyclic) bond motifs is 1. The molecule has 0 spiro atoms. The van der Waals surface area contributed by atoms with Crippen LogP contribution in [0.25, 0.3) is 0 Å². The minimum Gasteiger partial charge on any atom is -0.358 e.